The van der Waals surface area contributed by atoms with Gasteiger partial charge in [-0.05, 0) is 36.5 Å². The molecule has 116 valence electrons. The fraction of sp³-hybridized carbons (Fsp3) is 0.588. The Labute approximate surface area is 127 Å². The number of nitrogens with one attached hydrogen (secondary N) is 1. The summed E-state index contributed by atoms with van der Waals surface area (Å²) < 4.78 is 0. The summed E-state index contributed by atoms with van der Waals surface area (Å²) in [7, 11) is 1.78. The molecule has 4 nitrogen and oxygen atoms in total. The first kappa shape index (κ1) is 15.8. The molecular weight excluding hydrogens is 264 g/mol. The largest absolute Gasteiger partial charge is 0.393 e. The van der Waals surface area contributed by atoms with E-state index >= 15 is 0 Å². The minimum absolute atomic E-state index is 0.119. The summed E-state index contributed by atoms with van der Waals surface area (Å²) in [5, 5.41) is 12.7. The van der Waals surface area contributed by atoms with Crippen molar-refractivity contribution in [3.63, 3.8) is 0 Å². The number of aliphatic hydroxyl groups is 1. The van der Waals surface area contributed by atoms with Gasteiger partial charge in [-0.2, -0.15) is 0 Å². The summed E-state index contributed by atoms with van der Waals surface area (Å²) in [5.74, 6) is 0.699. The van der Waals surface area contributed by atoms with Gasteiger partial charge >= 0.3 is 6.03 Å². The number of carbonyl (C=O) groups is 1. The average Bonchev–Trinajstić information content (AvgIpc) is 2.84. The number of urea groups is 1. The van der Waals surface area contributed by atoms with Gasteiger partial charge in [0, 0.05) is 25.2 Å². The first-order valence-electron chi connectivity index (χ1n) is 7.77. The van der Waals surface area contributed by atoms with Gasteiger partial charge in [0.15, 0.2) is 0 Å². The average molecular weight is 290 g/mol. The topological polar surface area (TPSA) is 52.6 Å². The Morgan fingerprint density at radius 3 is 2.52 bits per heavy atom. The van der Waals surface area contributed by atoms with Crippen LogP contribution in [-0.2, 0) is 0 Å². The lowest BCUT2D eigenvalue weighted by molar-refractivity contribution is 0.116. The molecule has 4 heteroatoms. The molecule has 1 aliphatic carbocycles. The minimum Gasteiger partial charge on any atom is -0.393 e. The molecular formula is C17H26N2O2. The first-order chi connectivity index (χ1) is 9.97. The molecule has 2 amide bonds. The van der Waals surface area contributed by atoms with Crippen molar-refractivity contribution in [2.45, 2.75) is 45.1 Å². The highest BCUT2D eigenvalue weighted by Crippen LogP contribution is 2.26. The molecule has 0 heterocycles. The van der Waals surface area contributed by atoms with E-state index in [1.54, 1.807) is 11.9 Å². The standard InChI is InChI=1S/C17H26N2O2/c1-12(2)13-7-9-15(10-8-13)18-17(21)19(3)11-14-5-4-6-16(14)20/h7-10,12,14,16,20H,4-6,11H2,1-3H3,(H,18,21). The molecule has 0 bridgehead atoms. The summed E-state index contributed by atoms with van der Waals surface area (Å²) in [5.41, 5.74) is 2.07. The van der Waals surface area contributed by atoms with Crippen LogP contribution in [0.4, 0.5) is 10.5 Å². The second-order valence-electron chi connectivity index (χ2n) is 6.35. The van der Waals surface area contributed by atoms with E-state index in [0.29, 0.717) is 12.5 Å². The number of anilines is 1. The predicted molar refractivity (Wildman–Crippen MR) is 85.5 cm³/mol. The van der Waals surface area contributed by atoms with Crippen LogP contribution in [0.5, 0.6) is 0 Å². The van der Waals surface area contributed by atoms with Crippen LogP contribution in [0.25, 0.3) is 0 Å². The maximum Gasteiger partial charge on any atom is 0.321 e. The molecule has 0 spiro atoms. The number of benzene rings is 1. The Balaban J connectivity index is 1.88. The van der Waals surface area contributed by atoms with E-state index in [1.165, 1.54) is 5.56 Å². The van der Waals surface area contributed by atoms with Gasteiger partial charge in [0.05, 0.1) is 6.10 Å². The van der Waals surface area contributed by atoms with Crippen LogP contribution >= 0.6 is 0 Å². The summed E-state index contributed by atoms with van der Waals surface area (Å²) in [4.78, 5) is 13.8. The Kier molecular flexibility index (Phi) is 5.23. The number of hydrogen-bond acceptors (Lipinski definition) is 2. The summed E-state index contributed by atoms with van der Waals surface area (Å²) in [6.07, 6.45) is 2.65. The Morgan fingerprint density at radius 1 is 1.33 bits per heavy atom. The molecule has 0 aromatic heterocycles. The van der Waals surface area contributed by atoms with Gasteiger partial charge in [-0.3, -0.25) is 0 Å². The van der Waals surface area contributed by atoms with Crippen molar-refractivity contribution >= 4 is 11.7 Å². The highest BCUT2D eigenvalue weighted by atomic mass is 16.3. The maximum atomic E-state index is 12.2. The van der Waals surface area contributed by atoms with Gasteiger partial charge in [0.25, 0.3) is 0 Å². The molecule has 0 aliphatic heterocycles. The van der Waals surface area contributed by atoms with Crippen molar-refractivity contribution in [2.24, 2.45) is 5.92 Å². The molecule has 1 aliphatic rings. The van der Waals surface area contributed by atoms with Crippen LogP contribution in [0.2, 0.25) is 0 Å². The van der Waals surface area contributed by atoms with E-state index in [2.05, 4.69) is 19.2 Å². The number of amides is 2. The summed E-state index contributed by atoms with van der Waals surface area (Å²) >= 11 is 0. The van der Waals surface area contributed by atoms with E-state index < -0.39 is 0 Å². The molecule has 2 N–H and O–H groups in total. The lowest BCUT2D eigenvalue weighted by Crippen LogP contribution is -2.37. The Bertz CT molecular complexity index is 470. The number of aliphatic hydroxyl groups excluding tert-OH is 1. The van der Waals surface area contributed by atoms with Gasteiger partial charge in [0.1, 0.15) is 0 Å². The van der Waals surface area contributed by atoms with E-state index in [9.17, 15) is 9.90 Å². The number of nitrogens with zero attached hydrogens (tertiary/aromatic N) is 1. The van der Waals surface area contributed by atoms with Crippen LogP contribution in [0, 0.1) is 5.92 Å². The molecule has 1 aromatic carbocycles. The Morgan fingerprint density at radius 2 is 2.00 bits per heavy atom. The molecule has 1 aromatic rings. The van der Waals surface area contributed by atoms with Gasteiger partial charge < -0.3 is 15.3 Å². The van der Waals surface area contributed by atoms with E-state index in [4.69, 9.17) is 0 Å². The third-order valence-corrected chi connectivity index (χ3v) is 4.30. The van der Waals surface area contributed by atoms with Gasteiger partial charge in [-0.25, -0.2) is 4.79 Å². The van der Waals surface area contributed by atoms with Crippen molar-refractivity contribution in [3.05, 3.63) is 29.8 Å². The molecule has 0 radical (unpaired) electrons. The SMILES string of the molecule is CC(C)c1ccc(NC(=O)N(C)CC2CCCC2O)cc1. The van der Waals surface area contributed by atoms with E-state index in [1.807, 2.05) is 24.3 Å². The summed E-state index contributed by atoms with van der Waals surface area (Å²) in [6, 6.07) is 7.84. The monoisotopic (exact) mass is 290 g/mol. The molecule has 0 saturated heterocycles. The number of carbonyl (C=O) groups excluding carboxylic acids is 1. The van der Waals surface area contributed by atoms with Crippen LogP contribution in [0.1, 0.15) is 44.6 Å². The van der Waals surface area contributed by atoms with Gasteiger partial charge in [-0.1, -0.05) is 32.4 Å². The first-order valence-corrected chi connectivity index (χ1v) is 7.77. The zero-order valence-corrected chi connectivity index (χ0v) is 13.2. The van der Waals surface area contributed by atoms with Gasteiger partial charge in [-0.15, -0.1) is 0 Å². The third kappa shape index (κ3) is 4.21. The minimum atomic E-state index is -0.259. The molecule has 2 atom stereocenters. The molecule has 2 rings (SSSR count). The number of hydrogen-bond donors (Lipinski definition) is 2. The second-order valence-corrected chi connectivity index (χ2v) is 6.35. The summed E-state index contributed by atoms with van der Waals surface area (Å²) in [6.45, 7) is 4.90. The lowest BCUT2D eigenvalue weighted by atomic mass is 10.0. The molecule has 1 saturated carbocycles. The van der Waals surface area contributed by atoms with Crippen LogP contribution in [0.3, 0.4) is 0 Å². The van der Waals surface area contributed by atoms with Crippen molar-refractivity contribution in [3.8, 4) is 0 Å². The van der Waals surface area contributed by atoms with Crippen LogP contribution in [-0.4, -0.2) is 35.7 Å². The molecule has 2 unspecified atom stereocenters. The van der Waals surface area contributed by atoms with E-state index in [0.717, 1.165) is 24.9 Å². The van der Waals surface area contributed by atoms with Crippen LogP contribution in [0.15, 0.2) is 24.3 Å². The normalized spacial score (nSPS) is 21.6. The third-order valence-electron chi connectivity index (χ3n) is 4.30. The van der Waals surface area contributed by atoms with Gasteiger partial charge in [0.2, 0.25) is 0 Å². The second kappa shape index (κ2) is 6.94. The number of rotatable bonds is 4. The fourth-order valence-corrected chi connectivity index (χ4v) is 2.84. The Hall–Kier alpha value is -1.55. The molecule has 21 heavy (non-hydrogen) atoms. The van der Waals surface area contributed by atoms with Crippen molar-refractivity contribution in [2.75, 3.05) is 18.9 Å². The predicted octanol–water partition coefficient (Wildman–Crippen LogP) is 3.43. The zero-order chi connectivity index (χ0) is 15.4. The lowest BCUT2D eigenvalue weighted by Gasteiger charge is -2.23. The highest BCUT2D eigenvalue weighted by Gasteiger charge is 2.27. The quantitative estimate of drug-likeness (QED) is 0.892. The van der Waals surface area contributed by atoms with E-state index in [-0.39, 0.29) is 18.1 Å². The van der Waals surface area contributed by atoms with Crippen molar-refractivity contribution in [1.82, 2.24) is 4.90 Å². The zero-order valence-electron chi connectivity index (χ0n) is 13.2. The fourth-order valence-electron chi connectivity index (χ4n) is 2.84. The van der Waals surface area contributed by atoms with Crippen LogP contribution < -0.4 is 5.32 Å². The molecule has 1 fully saturated rings. The van der Waals surface area contributed by atoms with Crippen molar-refractivity contribution in [1.29, 1.82) is 0 Å². The maximum absolute atomic E-state index is 12.2. The smallest absolute Gasteiger partial charge is 0.321 e. The highest BCUT2D eigenvalue weighted by molar-refractivity contribution is 5.89. The van der Waals surface area contributed by atoms with Crippen molar-refractivity contribution < 1.29 is 9.90 Å².